The van der Waals surface area contributed by atoms with Crippen LogP contribution in [0, 0.1) is 16.7 Å². The normalized spacial score (nSPS) is 15.4. The van der Waals surface area contributed by atoms with Crippen molar-refractivity contribution < 1.29 is 23.8 Å². The highest BCUT2D eigenvalue weighted by molar-refractivity contribution is 5.81. The standard InChI is InChI=1S/C24H44O5/c1-13-19(25)29-24(11,12)17(2)28-23(9,10)14-15-27-20(26)18(22(6,7)8)16-21(3,4)5/h13,17-18H,1,14-16H2,2-12H3. The van der Waals surface area contributed by atoms with E-state index in [1.807, 2.05) is 20.8 Å². The molecule has 0 rings (SSSR count). The van der Waals surface area contributed by atoms with E-state index in [9.17, 15) is 9.59 Å². The van der Waals surface area contributed by atoms with Gasteiger partial charge in [0, 0.05) is 12.5 Å². The molecule has 2 atom stereocenters. The van der Waals surface area contributed by atoms with Crippen LogP contribution in [0.4, 0.5) is 0 Å². The molecule has 0 aromatic rings. The predicted molar refractivity (Wildman–Crippen MR) is 118 cm³/mol. The van der Waals surface area contributed by atoms with Crippen LogP contribution in [0.3, 0.4) is 0 Å². The monoisotopic (exact) mass is 412 g/mol. The van der Waals surface area contributed by atoms with Gasteiger partial charge in [-0.1, -0.05) is 48.1 Å². The molecule has 0 saturated heterocycles. The van der Waals surface area contributed by atoms with Gasteiger partial charge in [-0.15, -0.1) is 0 Å². The van der Waals surface area contributed by atoms with Gasteiger partial charge >= 0.3 is 11.9 Å². The van der Waals surface area contributed by atoms with Gasteiger partial charge in [-0.05, 0) is 51.9 Å². The molecule has 0 aliphatic rings. The SMILES string of the molecule is C=CC(=O)OC(C)(C)C(C)OC(C)(C)CCOC(=O)C(CC(C)(C)C)C(C)(C)C. The molecule has 0 N–H and O–H groups in total. The summed E-state index contributed by atoms with van der Waals surface area (Å²) in [5.74, 6) is -0.802. The maximum Gasteiger partial charge on any atom is 0.330 e. The third-order valence-corrected chi connectivity index (χ3v) is 5.10. The molecule has 0 radical (unpaired) electrons. The number of esters is 2. The van der Waals surface area contributed by atoms with Crippen molar-refractivity contribution in [2.24, 2.45) is 16.7 Å². The smallest absolute Gasteiger partial charge is 0.330 e. The zero-order valence-electron chi connectivity index (χ0n) is 20.6. The average Bonchev–Trinajstić information content (AvgIpc) is 2.49. The summed E-state index contributed by atoms with van der Waals surface area (Å²) in [4.78, 5) is 24.3. The first-order valence-corrected chi connectivity index (χ1v) is 10.5. The molecular formula is C24H44O5. The summed E-state index contributed by atoms with van der Waals surface area (Å²) in [5.41, 5.74) is -1.46. The molecule has 0 aliphatic carbocycles. The van der Waals surface area contributed by atoms with E-state index in [1.165, 1.54) is 0 Å². The Morgan fingerprint density at radius 1 is 0.966 bits per heavy atom. The second kappa shape index (κ2) is 10.1. The maximum atomic E-state index is 12.8. The van der Waals surface area contributed by atoms with Gasteiger partial charge in [-0.2, -0.15) is 0 Å². The zero-order chi connectivity index (χ0) is 23.3. The minimum absolute atomic E-state index is 0.0449. The Labute approximate surface area is 178 Å². The largest absolute Gasteiger partial charge is 0.465 e. The van der Waals surface area contributed by atoms with E-state index in [-0.39, 0.29) is 35.4 Å². The highest BCUT2D eigenvalue weighted by Gasteiger charge is 2.37. The average molecular weight is 413 g/mol. The highest BCUT2D eigenvalue weighted by Crippen LogP contribution is 2.37. The van der Waals surface area contributed by atoms with Crippen LogP contribution in [-0.4, -0.2) is 35.9 Å². The molecule has 5 nitrogen and oxygen atoms in total. The number of ether oxygens (including phenoxy) is 3. The van der Waals surface area contributed by atoms with Gasteiger partial charge in [-0.3, -0.25) is 4.79 Å². The van der Waals surface area contributed by atoms with Crippen molar-refractivity contribution in [2.75, 3.05) is 6.61 Å². The van der Waals surface area contributed by atoms with Crippen LogP contribution in [-0.2, 0) is 23.8 Å². The molecule has 0 aromatic carbocycles. The summed E-state index contributed by atoms with van der Waals surface area (Å²) in [6.07, 6.45) is 2.11. The molecule has 29 heavy (non-hydrogen) atoms. The first-order chi connectivity index (χ1) is 12.8. The third-order valence-electron chi connectivity index (χ3n) is 5.10. The summed E-state index contributed by atoms with van der Waals surface area (Å²) in [5, 5.41) is 0. The number of hydrogen-bond acceptors (Lipinski definition) is 5. The molecular weight excluding hydrogens is 368 g/mol. The van der Waals surface area contributed by atoms with Crippen LogP contribution in [0.2, 0.25) is 0 Å². The van der Waals surface area contributed by atoms with E-state index in [0.717, 1.165) is 12.5 Å². The lowest BCUT2D eigenvalue weighted by Crippen LogP contribution is -2.45. The van der Waals surface area contributed by atoms with Gasteiger partial charge in [0.2, 0.25) is 0 Å². The second-order valence-corrected chi connectivity index (χ2v) is 11.3. The van der Waals surface area contributed by atoms with E-state index in [4.69, 9.17) is 14.2 Å². The zero-order valence-corrected chi connectivity index (χ0v) is 20.6. The molecule has 5 heteroatoms. The Balaban J connectivity index is 4.85. The van der Waals surface area contributed by atoms with Crippen LogP contribution in [0.15, 0.2) is 12.7 Å². The van der Waals surface area contributed by atoms with Gasteiger partial charge in [0.15, 0.2) is 0 Å². The molecule has 0 spiro atoms. The van der Waals surface area contributed by atoms with Crippen molar-refractivity contribution in [2.45, 2.75) is 106 Å². The third kappa shape index (κ3) is 10.8. The van der Waals surface area contributed by atoms with Crippen LogP contribution >= 0.6 is 0 Å². The lowest BCUT2D eigenvalue weighted by atomic mass is 9.72. The van der Waals surface area contributed by atoms with E-state index in [2.05, 4.69) is 48.1 Å². The number of rotatable bonds is 10. The fourth-order valence-electron chi connectivity index (χ4n) is 2.92. The fourth-order valence-corrected chi connectivity index (χ4v) is 2.92. The topological polar surface area (TPSA) is 61.8 Å². The minimum atomic E-state index is -0.802. The Kier molecular flexibility index (Phi) is 9.63. The Hall–Kier alpha value is -1.36. The van der Waals surface area contributed by atoms with Gasteiger partial charge in [0.05, 0.1) is 24.2 Å². The minimum Gasteiger partial charge on any atom is -0.465 e. The quantitative estimate of drug-likeness (QED) is 0.340. The Morgan fingerprint density at radius 3 is 1.90 bits per heavy atom. The van der Waals surface area contributed by atoms with E-state index in [0.29, 0.717) is 6.42 Å². The van der Waals surface area contributed by atoms with E-state index < -0.39 is 17.2 Å². The lowest BCUT2D eigenvalue weighted by Gasteiger charge is -2.37. The number of carbonyl (C=O) groups excluding carboxylic acids is 2. The van der Waals surface area contributed by atoms with Gasteiger partial charge in [0.1, 0.15) is 5.60 Å². The fraction of sp³-hybridized carbons (Fsp3) is 0.833. The van der Waals surface area contributed by atoms with Crippen molar-refractivity contribution >= 4 is 11.9 Å². The highest BCUT2D eigenvalue weighted by atomic mass is 16.6. The van der Waals surface area contributed by atoms with Crippen LogP contribution < -0.4 is 0 Å². The lowest BCUT2D eigenvalue weighted by molar-refractivity contribution is -0.184. The molecule has 0 heterocycles. The summed E-state index contributed by atoms with van der Waals surface area (Å²) in [7, 11) is 0. The molecule has 2 unspecified atom stereocenters. The summed E-state index contributed by atoms with van der Waals surface area (Å²) in [6.45, 7) is 25.7. The molecule has 0 aliphatic heterocycles. The van der Waals surface area contributed by atoms with Crippen LogP contribution in [0.1, 0.15) is 89.0 Å². The molecule has 0 saturated carbocycles. The first kappa shape index (κ1) is 27.6. The van der Waals surface area contributed by atoms with Crippen molar-refractivity contribution in [3.05, 3.63) is 12.7 Å². The van der Waals surface area contributed by atoms with Gasteiger partial charge in [-0.25, -0.2) is 4.79 Å². The predicted octanol–water partition coefficient (Wildman–Crippen LogP) is 5.71. The van der Waals surface area contributed by atoms with Gasteiger partial charge in [0.25, 0.3) is 0 Å². The molecule has 0 bridgehead atoms. The van der Waals surface area contributed by atoms with Crippen LogP contribution in [0.25, 0.3) is 0 Å². The Morgan fingerprint density at radius 2 is 1.48 bits per heavy atom. The molecule has 0 amide bonds. The van der Waals surface area contributed by atoms with Crippen molar-refractivity contribution in [1.82, 2.24) is 0 Å². The van der Waals surface area contributed by atoms with Gasteiger partial charge < -0.3 is 14.2 Å². The Bertz CT molecular complexity index is 561. The first-order valence-electron chi connectivity index (χ1n) is 10.5. The summed E-state index contributed by atoms with van der Waals surface area (Å²) < 4.78 is 17.2. The second-order valence-electron chi connectivity index (χ2n) is 11.3. The molecule has 0 fully saturated rings. The van der Waals surface area contributed by atoms with E-state index >= 15 is 0 Å². The number of hydrogen-bond donors (Lipinski definition) is 0. The van der Waals surface area contributed by atoms with E-state index in [1.54, 1.807) is 13.8 Å². The number of carbonyl (C=O) groups is 2. The van der Waals surface area contributed by atoms with Crippen molar-refractivity contribution in [3.8, 4) is 0 Å². The van der Waals surface area contributed by atoms with Crippen molar-refractivity contribution in [3.63, 3.8) is 0 Å². The summed E-state index contributed by atoms with van der Waals surface area (Å²) >= 11 is 0. The maximum absolute atomic E-state index is 12.8. The molecule has 170 valence electrons. The summed E-state index contributed by atoms with van der Waals surface area (Å²) in [6, 6.07) is 0. The van der Waals surface area contributed by atoms with Crippen molar-refractivity contribution in [1.29, 1.82) is 0 Å². The van der Waals surface area contributed by atoms with Crippen LogP contribution in [0.5, 0.6) is 0 Å². The molecule has 0 aromatic heterocycles.